The highest BCUT2D eigenvalue weighted by Crippen LogP contribution is 2.32. The van der Waals surface area contributed by atoms with E-state index in [9.17, 15) is 9.59 Å². The first-order valence-corrected chi connectivity index (χ1v) is 6.84. The highest BCUT2D eigenvalue weighted by atomic mass is 32.1. The first-order chi connectivity index (χ1) is 8.60. The molecule has 98 valence electrons. The van der Waals surface area contributed by atoms with Gasteiger partial charge in [-0.1, -0.05) is 0 Å². The second-order valence-electron chi connectivity index (χ2n) is 4.26. The lowest BCUT2D eigenvalue weighted by Crippen LogP contribution is -2.24. The number of carbonyl (C=O) groups excluding carboxylic acids is 2. The van der Waals surface area contributed by atoms with Crippen LogP contribution in [0.3, 0.4) is 0 Å². The summed E-state index contributed by atoms with van der Waals surface area (Å²) in [5, 5.41) is 3.31. The van der Waals surface area contributed by atoms with Gasteiger partial charge in [-0.2, -0.15) is 0 Å². The monoisotopic (exact) mass is 268 g/mol. The van der Waals surface area contributed by atoms with Gasteiger partial charge in [0.1, 0.15) is 0 Å². The van der Waals surface area contributed by atoms with Crippen LogP contribution in [-0.4, -0.2) is 23.5 Å². The lowest BCUT2D eigenvalue weighted by molar-refractivity contribution is -0.148. The molecule has 5 nitrogen and oxygen atoms in total. The number of aromatic nitrogens is 1. The molecule has 1 aromatic rings. The number of thiazole rings is 1. The van der Waals surface area contributed by atoms with Crippen molar-refractivity contribution < 1.29 is 14.3 Å². The zero-order valence-electron chi connectivity index (χ0n) is 10.5. The number of rotatable bonds is 3. The number of nitrogens with zero attached hydrogens (tertiary/aromatic N) is 1. The van der Waals surface area contributed by atoms with Gasteiger partial charge in [-0.3, -0.25) is 9.59 Å². The summed E-state index contributed by atoms with van der Waals surface area (Å²) in [7, 11) is 0. The van der Waals surface area contributed by atoms with Crippen molar-refractivity contribution in [1.29, 1.82) is 0 Å². The normalized spacial score (nSPS) is 18.0. The van der Waals surface area contributed by atoms with Crippen molar-refractivity contribution >= 4 is 28.3 Å². The molecular formula is C12H16N2O3S. The highest BCUT2D eigenvalue weighted by Gasteiger charge is 2.28. The third-order valence-electron chi connectivity index (χ3n) is 2.84. The lowest BCUT2D eigenvalue weighted by atomic mass is 9.91. The molecule has 0 spiro atoms. The van der Waals surface area contributed by atoms with E-state index in [2.05, 4.69) is 10.3 Å². The number of carbonyl (C=O) groups is 2. The Balaban J connectivity index is 2.07. The first kappa shape index (κ1) is 13.0. The highest BCUT2D eigenvalue weighted by molar-refractivity contribution is 7.15. The van der Waals surface area contributed by atoms with Crippen molar-refractivity contribution in [3.8, 4) is 0 Å². The largest absolute Gasteiger partial charge is 0.466 e. The smallest absolute Gasteiger partial charge is 0.309 e. The van der Waals surface area contributed by atoms with E-state index < -0.39 is 0 Å². The van der Waals surface area contributed by atoms with Crippen LogP contribution in [0.25, 0.3) is 0 Å². The average Bonchev–Trinajstić information content (AvgIpc) is 2.69. The van der Waals surface area contributed by atoms with E-state index >= 15 is 0 Å². The van der Waals surface area contributed by atoms with Crippen LogP contribution in [0.1, 0.15) is 30.8 Å². The molecule has 1 atom stereocenters. The number of anilines is 1. The van der Waals surface area contributed by atoms with Crippen molar-refractivity contribution in [3.05, 3.63) is 10.6 Å². The van der Waals surface area contributed by atoms with Crippen LogP contribution in [0.4, 0.5) is 5.13 Å². The van der Waals surface area contributed by atoms with Crippen LogP contribution in [0.5, 0.6) is 0 Å². The summed E-state index contributed by atoms with van der Waals surface area (Å²) >= 11 is 1.45. The molecule has 0 aromatic carbocycles. The van der Waals surface area contributed by atoms with Gasteiger partial charge >= 0.3 is 5.97 Å². The zero-order chi connectivity index (χ0) is 13.1. The quantitative estimate of drug-likeness (QED) is 0.848. The molecule has 1 amide bonds. The summed E-state index contributed by atoms with van der Waals surface area (Å²) in [6, 6.07) is 0. The lowest BCUT2D eigenvalue weighted by Gasteiger charge is -2.18. The summed E-state index contributed by atoms with van der Waals surface area (Å²) in [6.45, 7) is 3.69. The van der Waals surface area contributed by atoms with Crippen LogP contribution in [0.15, 0.2) is 0 Å². The number of esters is 1. The van der Waals surface area contributed by atoms with Crippen LogP contribution in [0.2, 0.25) is 0 Å². The van der Waals surface area contributed by atoms with Crippen molar-refractivity contribution in [1.82, 2.24) is 4.98 Å². The van der Waals surface area contributed by atoms with Gasteiger partial charge in [-0.05, 0) is 26.2 Å². The van der Waals surface area contributed by atoms with Gasteiger partial charge in [0.2, 0.25) is 5.91 Å². The fourth-order valence-electron chi connectivity index (χ4n) is 2.04. The Hall–Kier alpha value is -1.43. The molecule has 1 aromatic heterocycles. The molecule has 6 heteroatoms. The van der Waals surface area contributed by atoms with E-state index in [0.29, 0.717) is 18.2 Å². The summed E-state index contributed by atoms with van der Waals surface area (Å²) in [6.07, 6.45) is 2.22. The van der Waals surface area contributed by atoms with Crippen molar-refractivity contribution in [2.45, 2.75) is 33.1 Å². The van der Waals surface area contributed by atoms with E-state index in [0.717, 1.165) is 23.4 Å². The number of fused-ring (bicyclic) bond motifs is 1. The van der Waals surface area contributed by atoms with Gasteiger partial charge in [0.05, 0.1) is 18.2 Å². The van der Waals surface area contributed by atoms with Crippen molar-refractivity contribution in [2.75, 3.05) is 11.9 Å². The molecule has 0 radical (unpaired) electrons. The van der Waals surface area contributed by atoms with Crippen LogP contribution in [-0.2, 0) is 27.2 Å². The Kier molecular flexibility index (Phi) is 3.96. The second-order valence-corrected chi connectivity index (χ2v) is 5.35. The maximum absolute atomic E-state index is 11.7. The molecular weight excluding hydrogens is 252 g/mol. The number of nitrogens with one attached hydrogen (secondary N) is 1. The standard InChI is InChI=1S/C12H16N2O3S/c1-3-17-11(16)8-4-5-9-10(6-8)18-12(14-9)13-7(2)15/h8H,3-6H2,1-2H3,(H,13,14,15)/t8-/m0/s1. The number of ether oxygens (including phenoxy) is 1. The Bertz CT molecular complexity index is 470. The van der Waals surface area contributed by atoms with E-state index in [1.165, 1.54) is 18.3 Å². The number of hydrogen-bond acceptors (Lipinski definition) is 5. The van der Waals surface area contributed by atoms with E-state index in [1.54, 1.807) is 0 Å². The van der Waals surface area contributed by atoms with Gasteiger partial charge in [0.15, 0.2) is 5.13 Å². The van der Waals surface area contributed by atoms with Gasteiger partial charge < -0.3 is 10.1 Å². The maximum Gasteiger partial charge on any atom is 0.309 e. The molecule has 1 aliphatic carbocycles. The molecule has 0 saturated heterocycles. The van der Waals surface area contributed by atoms with Gasteiger partial charge in [-0.15, -0.1) is 11.3 Å². The molecule has 0 bridgehead atoms. The number of aryl methyl sites for hydroxylation is 1. The molecule has 1 aliphatic rings. The van der Waals surface area contributed by atoms with Crippen molar-refractivity contribution in [3.63, 3.8) is 0 Å². The van der Waals surface area contributed by atoms with E-state index in [4.69, 9.17) is 4.74 Å². The SMILES string of the molecule is CCOC(=O)[C@H]1CCc2nc(NC(C)=O)sc2C1. The maximum atomic E-state index is 11.7. The Morgan fingerprint density at radius 3 is 3.00 bits per heavy atom. The second kappa shape index (κ2) is 5.48. The minimum absolute atomic E-state index is 0.0666. The Labute approximate surface area is 110 Å². The fourth-order valence-corrected chi connectivity index (χ4v) is 3.17. The van der Waals surface area contributed by atoms with Crippen LogP contribution < -0.4 is 5.32 Å². The molecule has 0 fully saturated rings. The van der Waals surface area contributed by atoms with Crippen molar-refractivity contribution in [2.24, 2.45) is 5.92 Å². The Morgan fingerprint density at radius 2 is 2.33 bits per heavy atom. The summed E-state index contributed by atoms with van der Waals surface area (Å²) in [5.41, 5.74) is 1.00. The van der Waals surface area contributed by atoms with E-state index in [1.807, 2.05) is 6.92 Å². The predicted octanol–water partition coefficient (Wildman–Crippen LogP) is 1.77. The van der Waals surface area contributed by atoms with Gasteiger partial charge in [0, 0.05) is 11.8 Å². The first-order valence-electron chi connectivity index (χ1n) is 6.03. The fraction of sp³-hybridized carbons (Fsp3) is 0.583. The predicted molar refractivity (Wildman–Crippen MR) is 68.6 cm³/mol. The number of amides is 1. The van der Waals surface area contributed by atoms with Gasteiger partial charge in [-0.25, -0.2) is 4.98 Å². The molecule has 18 heavy (non-hydrogen) atoms. The van der Waals surface area contributed by atoms with Crippen LogP contribution in [0, 0.1) is 5.92 Å². The van der Waals surface area contributed by atoms with Gasteiger partial charge in [0.25, 0.3) is 0 Å². The average molecular weight is 268 g/mol. The minimum Gasteiger partial charge on any atom is -0.466 e. The molecule has 0 unspecified atom stereocenters. The summed E-state index contributed by atoms with van der Waals surface area (Å²) in [5.74, 6) is -0.316. The molecule has 2 rings (SSSR count). The third-order valence-corrected chi connectivity index (χ3v) is 3.88. The Morgan fingerprint density at radius 1 is 1.56 bits per heavy atom. The molecule has 0 aliphatic heterocycles. The molecule has 0 saturated carbocycles. The number of hydrogen-bond donors (Lipinski definition) is 1. The molecule has 1 heterocycles. The van der Waals surface area contributed by atoms with E-state index in [-0.39, 0.29) is 17.8 Å². The topological polar surface area (TPSA) is 68.3 Å². The zero-order valence-corrected chi connectivity index (χ0v) is 11.3. The molecule has 1 N–H and O–H groups in total. The van der Waals surface area contributed by atoms with Crippen LogP contribution >= 0.6 is 11.3 Å². The third kappa shape index (κ3) is 2.87. The minimum atomic E-state index is -0.127. The summed E-state index contributed by atoms with van der Waals surface area (Å²) < 4.78 is 5.04. The summed E-state index contributed by atoms with van der Waals surface area (Å²) in [4.78, 5) is 28.1.